The number of benzene rings is 1. The number of amides is 1. The zero-order valence-electron chi connectivity index (χ0n) is 10.1. The van der Waals surface area contributed by atoms with Gasteiger partial charge in [0.05, 0.1) is 11.9 Å². The Labute approximate surface area is 105 Å². The van der Waals surface area contributed by atoms with E-state index in [1.165, 1.54) is 0 Å². The minimum atomic E-state index is -0.264. The Kier molecular flexibility index (Phi) is 3.69. The van der Waals surface area contributed by atoms with Crippen LogP contribution in [-0.4, -0.2) is 34.0 Å². The lowest BCUT2D eigenvalue weighted by Gasteiger charge is -2.00. The Balaban J connectivity index is 2.17. The second-order valence-electron chi connectivity index (χ2n) is 3.93. The zero-order valence-corrected chi connectivity index (χ0v) is 10.1. The molecule has 1 aromatic heterocycles. The average molecular weight is 245 g/mol. The Bertz CT molecular complexity index is 549. The van der Waals surface area contributed by atoms with E-state index in [9.17, 15) is 4.79 Å². The number of carbonyl (C=O) groups excluding carboxylic acids is 1. The van der Waals surface area contributed by atoms with Gasteiger partial charge in [-0.15, -0.1) is 5.10 Å². The first-order chi connectivity index (χ1) is 8.70. The maximum absolute atomic E-state index is 11.6. The van der Waals surface area contributed by atoms with E-state index in [0.717, 1.165) is 11.3 Å². The predicted molar refractivity (Wildman–Crippen MR) is 67.5 cm³/mol. The second-order valence-corrected chi connectivity index (χ2v) is 3.93. The van der Waals surface area contributed by atoms with Gasteiger partial charge in [0.1, 0.15) is 0 Å². The van der Waals surface area contributed by atoms with Crippen LogP contribution in [0.25, 0.3) is 5.69 Å². The molecular weight excluding hydrogens is 230 g/mol. The van der Waals surface area contributed by atoms with Crippen molar-refractivity contribution in [3.63, 3.8) is 0 Å². The van der Waals surface area contributed by atoms with E-state index in [2.05, 4.69) is 15.6 Å². The number of nitrogens with two attached hydrogens (primary N) is 1. The van der Waals surface area contributed by atoms with Gasteiger partial charge in [-0.2, -0.15) is 0 Å². The predicted octanol–water partition coefficient (Wildman–Crippen LogP) is 0.264. The molecule has 0 radical (unpaired) electrons. The molecule has 0 saturated carbocycles. The summed E-state index contributed by atoms with van der Waals surface area (Å²) in [7, 11) is 0. The third kappa shape index (κ3) is 2.72. The molecule has 2 rings (SSSR count). The lowest BCUT2D eigenvalue weighted by atomic mass is 10.2. The summed E-state index contributed by atoms with van der Waals surface area (Å²) in [6.07, 6.45) is 1.60. The van der Waals surface area contributed by atoms with Gasteiger partial charge in [0, 0.05) is 13.1 Å². The molecule has 0 spiro atoms. The molecule has 1 amide bonds. The van der Waals surface area contributed by atoms with Gasteiger partial charge >= 0.3 is 0 Å². The maximum atomic E-state index is 11.6. The van der Waals surface area contributed by atoms with Gasteiger partial charge in [-0.1, -0.05) is 17.3 Å². The molecule has 0 aliphatic heterocycles. The van der Waals surface area contributed by atoms with Crippen molar-refractivity contribution in [2.45, 2.75) is 6.92 Å². The first-order valence-electron chi connectivity index (χ1n) is 5.68. The molecule has 1 aromatic carbocycles. The van der Waals surface area contributed by atoms with Crippen LogP contribution in [0.15, 0.2) is 30.5 Å². The molecule has 0 atom stereocenters. The van der Waals surface area contributed by atoms with Crippen molar-refractivity contribution in [2.24, 2.45) is 5.73 Å². The van der Waals surface area contributed by atoms with Crippen LogP contribution in [0.5, 0.6) is 0 Å². The number of hydrogen-bond acceptors (Lipinski definition) is 4. The molecule has 94 valence electrons. The lowest BCUT2D eigenvalue weighted by molar-refractivity contribution is 0.0949. The summed E-state index contributed by atoms with van der Waals surface area (Å²) in [5.74, 6) is -0.264. The average Bonchev–Trinajstić information content (AvgIpc) is 2.85. The highest BCUT2D eigenvalue weighted by Crippen LogP contribution is 2.08. The van der Waals surface area contributed by atoms with Crippen LogP contribution < -0.4 is 11.1 Å². The number of carbonyl (C=O) groups is 1. The van der Waals surface area contributed by atoms with Crippen molar-refractivity contribution in [1.82, 2.24) is 20.3 Å². The highest BCUT2D eigenvalue weighted by atomic mass is 16.2. The first-order valence-corrected chi connectivity index (χ1v) is 5.68. The summed E-state index contributed by atoms with van der Waals surface area (Å²) >= 11 is 0. The Morgan fingerprint density at radius 2 is 2.33 bits per heavy atom. The molecule has 3 N–H and O–H groups in total. The molecule has 0 saturated heterocycles. The van der Waals surface area contributed by atoms with E-state index in [0.29, 0.717) is 13.1 Å². The number of rotatable bonds is 4. The lowest BCUT2D eigenvalue weighted by Crippen LogP contribution is -2.29. The van der Waals surface area contributed by atoms with E-state index < -0.39 is 0 Å². The molecule has 6 heteroatoms. The van der Waals surface area contributed by atoms with E-state index in [1.54, 1.807) is 10.9 Å². The topological polar surface area (TPSA) is 85.8 Å². The molecule has 1 heterocycles. The summed E-state index contributed by atoms with van der Waals surface area (Å²) in [6.45, 7) is 2.82. The van der Waals surface area contributed by atoms with Crippen LogP contribution in [0.4, 0.5) is 0 Å². The normalized spacial score (nSPS) is 10.3. The summed E-state index contributed by atoms with van der Waals surface area (Å²) in [4.78, 5) is 11.6. The fraction of sp³-hybridized carbons (Fsp3) is 0.250. The number of nitrogens with one attached hydrogen (secondary N) is 1. The van der Waals surface area contributed by atoms with Gasteiger partial charge in [-0.3, -0.25) is 4.79 Å². The van der Waals surface area contributed by atoms with Crippen LogP contribution in [0, 0.1) is 6.92 Å². The van der Waals surface area contributed by atoms with Crippen molar-refractivity contribution >= 4 is 5.91 Å². The molecule has 0 aliphatic rings. The molecule has 18 heavy (non-hydrogen) atoms. The fourth-order valence-corrected chi connectivity index (χ4v) is 1.54. The number of hydrogen-bond donors (Lipinski definition) is 2. The molecule has 0 fully saturated rings. The SMILES string of the molecule is Cc1cccc(-n2cc(C(=O)NCCN)nn2)c1. The second kappa shape index (κ2) is 5.42. The van der Waals surface area contributed by atoms with Crippen LogP contribution in [0.1, 0.15) is 16.1 Å². The van der Waals surface area contributed by atoms with Gasteiger partial charge in [-0.05, 0) is 24.6 Å². The van der Waals surface area contributed by atoms with Crippen molar-refractivity contribution in [2.75, 3.05) is 13.1 Å². The summed E-state index contributed by atoms with van der Waals surface area (Å²) < 4.78 is 1.57. The van der Waals surface area contributed by atoms with Crippen LogP contribution in [0.2, 0.25) is 0 Å². The van der Waals surface area contributed by atoms with Gasteiger partial charge < -0.3 is 11.1 Å². The number of aromatic nitrogens is 3. The van der Waals surface area contributed by atoms with E-state index in [4.69, 9.17) is 5.73 Å². The van der Waals surface area contributed by atoms with E-state index in [1.807, 2.05) is 31.2 Å². The molecule has 0 unspecified atom stereocenters. The highest BCUT2D eigenvalue weighted by molar-refractivity contribution is 5.91. The quantitative estimate of drug-likeness (QED) is 0.809. The minimum absolute atomic E-state index is 0.264. The fourth-order valence-electron chi connectivity index (χ4n) is 1.54. The molecule has 2 aromatic rings. The van der Waals surface area contributed by atoms with Gasteiger partial charge in [0.15, 0.2) is 5.69 Å². The Morgan fingerprint density at radius 3 is 3.06 bits per heavy atom. The Hall–Kier alpha value is -2.21. The molecule has 0 bridgehead atoms. The molecule has 6 nitrogen and oxygen atoms in total. The van der Waals surface area contributed by atoms with Gasteiger partial charge in [0.2, 0.25) is 0 Å². The van der Waals surface area contributed by atoms with Crippen LogP contribution in [-0.2, 0) is 0 Å². The highest BCUT2D eigenvalue weighted by Gasteiger charge is 2.10. The molecule has 0 aliphatic carbocycles. The van der Waals surface area contributed by atoms with Crippen molar-refractivity contribution in [3.8, 4) is 5.69 Å². The van der Waals surface area contributed by atoms with Gasteiger partial charge in [0.25, 0.3) is 5.91 Å². The smallest absolute Gasteiger partial charge is 0.273 e. The monoisotopic (exact) mass is 245 g/mol. The van der Waals surface area contributed by atoms with Crippen molar-refractivity contribution < 1.29 is 4.79 Å². The van der Waals surface area contributed by atoms with Crippen molar-refractivity contribution in [1.29, 1.82) is 0 Å². The standard InChI is InChI=1S/C12H15N5O/c1-9-3-2-4-10(7-9)17-8-11(15-16-17)12(18)14-6-5-13/h2-4,7-8H,5-6,13H2,1H3,(H,14,18). The van der Waals surface area contributed by atoms with Crippen LogP contribution >= 0.6 is 0 Å². The minimum Gasteiger partial charge on any atom is -0.349 e. The van der Waals surface area contributed by atoms with Crippen molar-refractivity contribution in [3.05, 3.63) is 41.7 Å². The number of aryl methyl sites for hydroxylation is 1. The first kappa shape index (κ1) is 12.3. The summed E-state index contributed by atoms with van der Waals surface area (Å²) in [6, 6.07) is 7.80. The summed E-state index contributed by atoms with van der Waals surface area (Å²) in [5, 5.41) is 10.4. The van der Waals surface area contributed by atoms with Gasteiger partial charge in [-0.25, -0.2) is 4.68 Å². The van der Waals surface area contributed by atoms with E-state index >= 15 is 0 Å². The number of nitrogens with zero attached hydrogens (tertiary/aromatic N) is 3. The summed E-state index contributed by atoms with van der Waals surface area (Å²) in [5.41, 5.74) is 7.59. The maximum Gasteiger partial charge on any atom is 0.273 e. The largest absolute Gasteiger partial charge is 0.349 e. The molecular formula is C12H15N5O. The van der Waals surface area contributed by atoms with E-state index in [-0.39, 0.29) is 11.6 Å². The third-order valence-corrected chi connectivity index (χ3v) is 2.42. The Morgan fingerprint density at radius 1 is 1.50 bits per heavy atom. The van der Waals surface area contributed by atoms with Crippen LogP contribution in [0.3, 0.4) is 0 Å². The third-order valence-electron chi connectivity index (χ3n) is 2.42. The zero-order chi connectivity index (χ0) is 13.0.